The number of aryl methyl sites for hydroxylation is 2. The molecular weight excluding hydrogens is 428 g/mol. The van der Waals surface area contributed by atoms with Crippen LogP contribution in [0.4, 0.5) is 0 Å². The molecule has 0 aliphatic rings. The van der Waals surface area contributed by atoms with Crippen molar-refractivity contribution in [1.82, 2.24) is 29.7 Å². The maximum absolute atomic E-state index is 12.1. The fourth-order valence-electron chi connectivity index (χ4n) is 2.11. The molecule has 0 fully saturated rings. The van der Waals surface area contributed by atoms with Crippen LogP contribution in [0.25, 0.3) is 5.65 Å². The van der Waals surface area contributed by atoms with Crippen LogP contribution in [0.1, 0.15) is 22.6 Å². The van der Waals surface area contributed by atoms with Crippen LogP contribution in [0.15, 0.2) is 33.6 Å². The highest BCUT2D eigenvalue weighted by molar-refractivity contribution is 9.10. The molecular formula is C14H14Br2N6O. The monoisotopic (exact) mass is 440 g/mol. The van der Waals surface area contributed by atoms with Crippen molar-refractivity contribution < 1.29 is 4.79 Å². The van der Waals surface area contributed by atoms with Crippen molar-refractivity contribution in [2.24, 2.45) is 0 Å². The molecule has 0 spiro atoms. The summed E-state index contributed by atoms with van der Waals surface area (Å²) in [6.45, 7) is 3.24. The first-order valence-electron chi connectivity index (χ1n) is 7.01. The van der Waals surface area contributed by atoms with Crippen LogP contribution in [0, 0.1) is 6.92 Å². The lowest BCUT2D eigenvalue weighted by molar-refractivity contribution is 0.0947. The zero-order chi connectivity index (χ0) is 16.4. The zero-order valence-corrected chi connectivity index (χ0v) is 15.5. The van der Waals surface area contributed by atoms with Crippen molar-refractivity contribution in [2.45, 2.75) is 19.9 Å². The highest BCUT2D eigenvalue weighted by Gasteiger charge is 2.11. The van der Waals surface area contributed by atoms with Gasteiger partial charge in [-0.15, -0.1) is 0 Å². The van der Waals surface area contributed by atoms with Crippen LogP contribution in [-0.4, -0.2) is 36.8 Å². The number of carbonyl (C=O) groups excluding carboxylic acids is 1. The van der Waals surface area contributed by atoms with E-state index in [1.165, 1.54) is 0 Å². The van der Waals surface area contributed by atoms with Crippen LogP contribution < -0.4 is 5.32 Å². The number of nitrogens with zero attached hydrogens (tertiary/aromatic N) is 5. The molecule has 3 rings (SSSR count). The van der Waals surface area contributed by atoms with Gasteiger partial charge >= 0.3 is 0 Å². The van der Waals surface area contributed by atoms with Crippen LogP contribution in [0.3, 0.4) is 0 Å². The predicted octanol–water partition coefficient (Wildman–Crippen LogP) is 2.58. The molecule has 3 aromatic heterocycles. The summed E-state index contributed by atoms with van der Waals surface area (Å²) in [6, 6.07) is 1.66. The van der Waals surface area contributed by atoms with Crippen LogP contribution in [0.5, 0.6) is 0 Å². The third kappa shape index (κ3) is 3.78. The second-order valence-electron chi connectivity index (χ2n) is 5.04. The van der Waals surface area contributed by atoms with Crippen LogP contribution in [0.2, 0.25) is 0 Å². The van der Waals surface area contributed by atoms with Crippen molar-refractivity contribution in [3.8, 4) is 0 Å². The number of carbonyl (C=O) groups is 1. The van der Waals surface area contributed by atoms with E-state index in [1.807, 2.05) is 17.8 Å². The maximum Gasteiger partial charge on any atom is 0.271 e. The lowest BCUT2D eigenvalue weighted by atomic mass is 10.3. The van der Waals surface area contributed by atoms with E-state index in [9.17, 15) is 4.79 Å². The molecule has 7 nitrogen and oxygen atoms in total. The summed E-state index contributed by atoms with van der Waals surface area (Å²) in [4.78, 5) is 16.3. The van der Waals surface area contributed by atoms with E-state index >= 15 is 0 Å². The molecule has 0 bridgehead atoms. The van der Waals surface area contributed by atoms with Gasteiger partial charge in [0.2, 0.25) is 0 Å². The molecule has 0 unspecified atom stereocenters. The van der Waals surface area contributed by atoms with E-state index in [0.29, 0.717) is 17.9 Å². The topological polar surface area (TPSA) is 77.1 Å². The number of halogens is 2. The molecule has 23 heavy (non-hydrogen) atoms. The minimum atomic E-state index is -0.204. The lowest BCUT2D eigenvalue weighted by Crippen LogP contribution is -2.25. The number of amides is 1. The van der Waals surface area contributed by atoms with Crippen LogP contribution >= 0.6 is 31.9 Å². The van der Waals surface area contributed by atoms with Crippen molar-refractivity contribution >= 4 is 43.4 Å². The van der Waals surface area contributed by atoms with Crippen LogP contribution in [-0.2, 0) is 6.54 Å². The number of hydrogen-bond donors (Lipinski definition) is 1. The molecule has 0 saturated heterocycles. The van der Waals surface area contributed by atoms with Gasteiger partial charge in [-0.05, 0) is 45.2 Å². The van der Waals surface area contributed by atoms with Gasteiger partial charge in [-0.25, -0.2) is 9.50 Å². The van der Waals surface area contributed by atoms with E-state index in [0.717, 1.165) is 27.6 Å². The first kappa shape index (κ1) is 16.1. The van der Waals surface area contributed by atoms with Gasteiger partial charge in [0, 0.05) is 37.7 Å². The molecule has 0 saturated carbocycles. The van der Waals surface area contributed by atoms with Crippen molar-refractivity contribution in [3.63, 3.8) is 0 Å². The Bertz CT molecular complexity index is 837. The Morgan fingerprint density at radius 3 is 2.87 bits per heavy atom. The summed E-state index contributed by atoms with van der Waals surface area (Å²) in [5.74, 6) is -0.204. The molecule has 0 aromatic carbocycles. The highest BCUT2D eigenvalue weighted by Crippen LogP contribution is 2.13. The van der Waals surface area contributed by atoms with Gasteiger partial charge in [-0.2, -0.15) is 10.2 Å². The van der Waals surface area contributed by atoms with Crippen molar-refractivity contribution in [1.29, 1.82) is 0 Å². The van der Waals surface area contributed by atoms with Crippen molar-refractivity contribution in [2.75, 3.05) is 6.54 Å². The third-order valence-corrected chi connectivity index (χ3v) is 4.44. The van der Waals surface area contributed by atoms with Gasteiger partial charge in [0.05, 0.1) is 14.6 Å². The Kier molecular flexibility index (Phi) is 4.76. The number of rotatable bonds is 5. The summed E-state index contributed by atoms with van der Waals surface area (Å²) < 4.78 is 5.23. The Labute approximate surface area is 149 Å². The Morgan fingerprint density at radius 2 is 2.13 bits per heavy atom. The molecule has 9 heteroatoms. The second kappa shape index (κ2) is 6.79. The smallest absolute Gasteiger partial charge is 0.271 e. The maximum atomic E-state index is 12.1. The summed E-state index contributed by atoms with van der Waals surface area (Å²) in [7, 11) is 0. The molecule has 0 radical (unpaired) electrons. The van der Waals surface area contributed by atoms with Gasteiger partial charge in [-0.3, -0.25) is 9.48 Å². The number of fused-ring (bicyclic) bond motifs is 1. The van der Waals surface area contributed by atoms with E-state index < -0.39 is 0 Å². The van der Waals surface area contributed by atoms with Gasteiger partial charge in [-0.1, -0.05) is 0 Å². The fourth-order valence-corrected chi connectivity index (χ4v) is 2.72. The third-order valence-electron chi connectivity index (χ3n) is 3.25. The molecule has 3 aromatic rings. The summed E-state index contributed by atoms with van der Waals surface area (Å²) in [5.41, 5.74) is 1.95. The molecule has 0 aliphatic carbocycles. The average molecular weight is 442 g/mol. The Morgan fingerprint density at radius 1 is 1.30 bits per heavy atom. The van der Waals surface area contributed by atoms with Gasteiger partial charge in [0.25, 0.3) is 5.91 Å². The fraction of sp³-hybridized carbons (Fsp3) is 0.286. The molecule has 3 heterocycles. The first-order chi connectivity index (χ1) is 11.0. The minimum Gasteiger partial charge on any atom is -0.351 e. The molecule has 1 N–H and O–H groups in total. The van der Waals surface area contributed by atoms with Crippen molar-refractivity contribution in [3.05, 3.63) is 45.0 Å². The van der Waals surface area contributed by atoms with Gasteiger partial charge in [0.1, 0.15) is 0 Å². The largest absolute Gasteiger partial charge is 0.351 e. The van der Waals surface area contributed by atoms with E-state index in [1.54, 1.807) is 23.0 Å². The van der Waals surface area contributed by atoms with Gasteiger partial charge in [0.15, 0.2) is 11.3 Å². The normalized spacial score (nSPS) is 11.1. The minimum absolute atomic E-state index is 0.204. The second-order valence-corrected chi connectivity index (χ2v) is 6.81. The van der Waals surface area contributed by atoms with E-state index in [-0.39, 0.29) is 5.91 Å². The quantitative estimate of drug-likeness (QED) is 0.617. The summed E-state index contributed by atoms with van der Waals surface area (Å²) in [5, 5.41) is 11.4. The standard InChI is InChI=1S/C14H14Br2N6O/c1-9-11(16)8-21(19-9)4-2-3-17-14(23)12-5-13-18-6-10(15)7-22(13)20-12/h5-8H,2-4H2,1H3,(H,17,23). The molecule has 1 amide bonds. The average Bonchev–Trinajstić information content (AvgIpc) is 3.07. The highest BCUT2D eigenvalue weighted by atomic mass is 79.9. The molecule has 0 aliphatic heterocycles. The number of hydrogen-bond acceptors (Lipinski definition) is 4. The SMILES string of the molecule is Cc1nn(CCCNC(=O)c2cc3ncc(Br)cn3n2)cc1Br. The lowest BCUT2D eigenvalue weighted by Gasteiger charge is -2.03. The number of aromatic nitrogens is 5. The molecule has 0 atom stereocenters. The first-order valence-corrected chi connectivity index (χ1v) is 8.60. The van der Waals surface area contributed by atoms with E-state index in [4.69, 9.17) is 0 Å². The predicted molar refractivity (Wildman–Crippen MR) is 92.3 cm³/mol. The zero-order valence-electron chi connectivity index (χ0n) is 12.3. The molecule has 120 valence electrons. The summed E-state index contributed by atoms with van der Waals surface area (Å²) in [6.07, 6.45) is 6.15. The Balaban J connectivity index is 1.54. The van der Waals surface area contributed by atoms with E-state index in [2.05, 4.69) is 52.4 Å². The summed E-state index contributed by atoms with van der Waals surface area (Å²) >= 11 is 6.75. The van der Waals surface area contributed by atoms with Gasteiger partial charge < -0.3 is 5.32 Å². The Hall–Kier alpha value is -1.74. The number of nitrogens with one attached hydrogen (secondary N) is 1.